The molecule has 1 aromatic carbocycles. The molecule has 1 aromatic heterocycles. The molecule has 68 valence electrons. The fourth-order valence-electron chi connectivity index (χ4n) is 1.48. The molecular weight excluding hydrogens is 191 g/mol. The first kappa shape index (κ1) is 8.51. The average Bonchev–Trinajstić information content (AvgIpc) is 2.35. The molecule has 0 fully saturated rings. The third kappa shape index (κ3) is 1.11. The fourth-order valence-corrected chi connectivity index (χ4v) is 1.64. The Morgan fingerprint density at radius 1 is 1.46 bits per heavy atom. The summed E-state index contributed by atoms with van der Waals surface area (Å²) in [6.45, 7) is 1.77. The van der Waals surface area contributed by atoms with Crippen molar-refractivity contribution in [3.8, 4) is 0 Å². The summed E-state index contributed by atoms with van der Waals surface area (Å²) in [5, 5.41) is 4.76. The van der Waals surface area contributed by atoms with Crippen LogP contribution in [0.5, 0.6) is 0 Å². The zero-order chi connectivity index (χ0) is 9.59. The highest BCUT2D eigenvalue weighted by atomic mass is 35.5. The zero-order valence-corrected chi connectivity index (χ0v) is 8.06. The first-order chi connectivity index (χ1) is 6.11. The number of hydrogen-bond acceptors (Lipinski definition) is 1. The van der Waals surface area contributed by atoms with Crippen LogP contribution in [0.3, 0.4) is 0 Å². The van der Waals surface area contributed by atoms with Crippen LogP contribution in [0.4, 0.5) is 4.39 Å². The largest absolute Gasteiger partial charge is 0.268 e. The molecular formula is C9H8ClFN2. The summed E-state index contributed by atoms with van der Waals surface area (Å²) in [5.74, 6) is -0.384. The Morgan fingerprint density at radius 3 is 2.85 bits per heavy atom. The maximum absolute atomic E-state index is 13.5. The maximum atomic E-state index is 13.5. The molecule has 0 bridgehead atoms. The Balaban J connectivity index is 2.98. The van der Waals surface area contributed by atoms with Crippen LogP contribution in [-0.4, -0.2) is 9.78 Å². The summed E-state index contributed by atoms with van der Waals surface area (Å²) < 4.78 is 15.1. The predicted octanol–water partition coefficient (Wildman–Crippen LogP) is 2.67. The third-order valence-electron chi connectivity index (χ3n) is 2.08. The summed E-state index contributed by atoms with van der Waals surface area (Å²) >= 11 is 5.66. The van der Waals surface area contributed by atoms with E-state index in [4.69, 9.17) is 11.6 Å². The van der Waals surface area contributed by atoms with Crippen molar-refractivity contribution in [3.05, 3.63) is 28.7 Å². The van der Waals surface area contributed by atoms with Gasteiger partial charge in [-0.3, -0.25) is 4.68 Å². The minimum atomic E-state index is -0.384. The Hall–Kier alpha value is -1.09. The van der Waals surface area contributed by atoms with Crippen LogP contribution >= 0.6 is 11.6 Å². The highest BCUT2D eigenvalue weighted by Gasteiger charge is 2.12. The standard InChI is InChI=1S/C9H8ClFN2/c1-5-8-7(13(2)12-5)4-3-6(10)9(8)11/h3-4H,1-2H3. The van der Waals surface area contributed by atoms with Crippen LogP contribution in [0.1, 0.15) is 5.69 Å². The second kappa shape index (κ2) is 2.70. The molecule has 2 aromatic rings. The second-order valence-corrected chi connectivity index (χ2v) is 3.37. The second-order valence-electron chi connectivity index (χ2n) is 2.96. The van der Waals surface area contributed by atoms with Crippen LogP contribution in [0.25, 0.3) is 10.9 Å². The maximum Gasteiger partial charge on any atom is 0.153 e. The average molecular weight is 199 g/mol. The Morgan fingerprint density at radius 2 is 2.15 bits per heavy atom. The lowest BCUT2D eigenvalue weighted by Crippen LogP contribution is -1.89. The van der Waals surface area contributed by atoms with Gasteiger partial charge in [-0.1, -0.05) is 11.6 Å². The number of aryl methyl sites for hydroxylation is 2. The number of nitrogens with zero attached hydrogens (tertiary/aromatic N) is 2. The van der Waals surface area contributed by atoms with E-state index in [1.807, 2.05) is 0 Å². The van der Waals surface area contributed by atoms with Gasteiger partial charge in [0, 0.05) is 7.05 Å². The van der Waals surface area contributed by atoms with Crippen molar-refractivity contribution in [2.24, 2.45) is 7.05 Å². The van der Waals surface area contributed by atoms with Gasteiger partial charge in [-0.15, -0.1) is 0 Å². The van der Waals surface area contributed by atoms with Crippen LogP contribution in [0.2, 0.25) is 5.02 Å². The van der Waals surface area contributed by atoms with Gasteiger partial charge in [0.05, 0.1) is 21.6 Å². The number of benzene rings is 1. The van der Waals surface area contributed by atoms with Crippen LogP contribution in [0, 0.1) is 12.7 Å². The lowest BCUT2D eigenvalue weighted by Gasteiger charge is -1.96. The molecule has 0 saturated carbocycles. The number of aromatic nitrogens is 2. The van der Waals surface area contributed by atoms with Crippen molar-refractivity contribution in [3.63, 3.8) is 0 Å². The van der Waals surface area contributed by atoms with Crippen LogP contribution < -0.4 is 0 Å². The van der Waals surface area contributed by atoms with Gasteiger partial charge in [0.15, 0.2) is 5.82 Å². The predicted molar refractivity (Wildman–Crippen MR) is 50.4 cm³/mol. The summed E-state index contributed by atoms with van der Waals surface area (Å²) in [4.78, 5) is 0. The first-order valence-corrected chi connectivity index (χ1v) is 4.26. The molecule has 0 saturated heterocycles. The molecule has 0 amide bonds. The Bertz CT molecular complexity index is 476. The number of halogens is 2. The molecule has 0 radical (unpaired) electrons. The molecule has 1 heterocycles. The number of rotatable bonds is 0. The van der Waals surface area contributed by atoms with E-state index in [1.54, 1.807) is 30.8 Å². The van der Waals surface area contributed by atoms with Gasteiger partial charge in [0.1, 0.15) is 0 Å². The van der Waals surface area contributed by atoms with E-state index >= 15 is 0 Å². The highest BCUT2D eigenvalue weighted by Crippen LogP contribution is 2.26. The summed E-state index contributed by atoms with van der Waals surface area (Å²) in [5.41, 5.74) is 1.43. The van der Waals surface area contributed by atoms with Gasteiger partial charge < -0.3 is 0 Å². The Labute approximate surface area is 79.9 Å². The van der Waals surface area contributed by atoms with Gasteiger partial charge >= 0.3 is 0 Å². The van der Waals surface area contributed by atoms with E-state index < -0.39 is 0 Å². The summed E-state index contributed by atoms with van der Waals surface area (Å²) in [7, 11) is 1.78. The number of hydrogen-bond donors (Lipinski definition) is 0. The third-order valence-corrected chi connectivity index (χ3v) is 2.38. The molecule has 0 aliphatic heterocycles. The van der Waals surface area contributed by atoms with Gasteiger partial charge in [0.25, 0.3) is 0 Å². The molecule has 13 heavy (non-hydrogen) atoms. The fraction of sp³-hybridized carbons (Fsp3) is 0.222. The first-order valence-electron chi connectivity index (χ1n) is 3.88. The summed E-state index contributed by atoms with van der Waals surface area (Å²) in [6.07, 6.45) is 0. The summed E-state index contributed by atoms with van der Waals surface area (Å²) in [6, 6.07) is 3.31. The minimum absolute atomic E-state index is 0.142. The highest BCUT2D eigenvalue weighted by molar-refractivity contribution is 6.31. The van der Waals surface area contributed by atoms with Crippen molar-refractivity contribution in [1.82, 2.24) is 9.78 Å². The van der Waals surface area contributed by atoms with E-state index in [-0.39, 0.29) is 10.8 Å². The Kier molecular flexibility index (Phi) is 1.77. The van der Waals surface area contributed by atoms with E-state index in [2.05, 4.69) is 5.10 Å². The molecule has 2 nitrogen and oxygen atoms in total. The van der Waals surface area contributed by atoms with Crippen molar-refractivity contribution >= 4 is 22.5 Å². The van der Waals surface area contributed by atoms with E-state index in [0.29, 0.717) is 11.1 Å². The molecule has 0 unspecified atom stereocenters. The smallest absolute Gasteiger partial charge is 0.153 e. The van der Waals surface area contributed by atoms with Crippen molar-refractivity contribution < 1.29 is 4.39 Å². The molecule has 0 atom stereocenters. The molecule has 2 rings (SSSR count). The lowest BCUT2D eigenvalue weighted by molar-refractivity contribution is 0.639. The van der Waals surface area contributed by atoms with Gasteiger partial charge in [0.2, 0.25) is 0 Å². The van der Waals surface area contributed by atoms with Gasteiger partial charge in [-0.05, 0) is 19.1 Å². The molecule has 0 aliphatic carbocycles. The van der Waals surface area contributed by atoms with Crippen LogP contribution in [-0.2, 0) is 7.05 Å². The topological polar surface area (TPSA) is 17.8 Å². The van der Waals surface area contributed by atoms with Gasteiger partial charge in [-0.2, -0.15) is 5.10 Å². The molecule has 0 aliphatic rings. The van der Waals surface area contributed by atoms with E-state index in [0.717, 1.165) is 5.52 Å². The number of fused-ring (bicyclic) bond motifs is 1. The van der Waals surface area contributed by atoms with Crippen LogP contribution in [0.15, 0.2) is 12.1 Å². The van der Waals surface area contributed by atoms with E-state index in [9.17, 15) is 4.39 Å². The normalized spacial score (nSPS) is 11.1. The molecule has 0 spiro atoms. The van der Waals surface area contributed by atoms with E-state index in [1.165, 1.54) is 0 Å². The van der Waals surface area contributed by atoms with Crippen molar-refractivity contribution in [2.75, 3.05) is 0 Å². The van der Waals surface area contributed by atoms with Gasteiger partial charge in [-0.25, -0.2) is 4.39 Å². The quantitative estimate of drug-likeness (QED) is 0.637. The van der Waals surface area contributed by atoms with Crippen molar-refractivity contribution in [1.29, 1.82) is 0 Å². The monoisotopic (exact) mass is 198 g/mol. The molecule has 0 N–H and O–H groups in total. The minimum Gasteiger partial charge on any atom is -0.268 e. The zero-order valence-electron chi connectivity index (χ0n) is 7.31. The molecule has 4 heteroatoms. The van der Waals surface area contributed by atoms with Crippen molar-refractivity contribution in [2.45, 2.75) is 6.92 Å². The SMILES string of the molecule is Cc1nn(C)c2ccc(Cl)c(F)c12. The lowest BCUT2D eigenvalue weighted by atomic mass is 10.2.